The Morgan fingerprint density at radius 3 is 2.41 bits per heavy atom. The van der Waals surface area contributed by atoms with Gasteiger partial charge in [0.2, 0.25) is 0 Å². The van der Waals surface area contributed by atoms with Crippen molar-refractivity contribution in [1.29, 1.82) is 0 Å². The van der Waals surface area contributed by atoms with E-state index in [0.29, 0.717) is 12.2 Å². The van der Waals surface area contributed by atoms with Crippen LogP contribution in [-0.4, -0.2) is 17.6 Å². The molecule has 0 radical (unpaired) electrons. The van der Waals surface area contributed by atoms with Gasteiger partial charge in [-0.2, -0.15) is 0 Å². The maximum absolute atomic E-state index is 13.3. The van der Waals surface area contributed by atoms with Crippen LogP contribution in [0.25, 0.3) is 5.57 Å². The Bertz CT molecular complexity index is 754. The maximum Gasteiger partial charge on any atom is 0.335 e. The van der Waals surface area contributed by atoms with Crippen molar-refractivity contribution in [2.75, 3.05) is 11.4 Å². The second kappa shape index (κ2) is 5.60. The minimum absolute atomic E-state index is 0.236. The second-order valence-corrected chi connectivity index (χ2v) is 5.08. The van der Waals surface area contributed by atoms with Crippen molar-refractivity contribution in [3.63, 3.8) is 0 Å². The van der Waals surface area contributed by atoms with E-state index < -0.39 is 17.6 Å². The first-order valence-corrected chi connectivity index (χ1v) is 6.81. The highest BCUT2D eigenvalue weighted by Crippen LogP contribution is 2.29. The highest BCUT2D eigenvalue weighted by atomic mass is 19.2. The first kappa shape index (κ1) is 14.3. The number of carboxylic acids is 1. The molecule has 112 valence electrons. The molecular weight excluding hydrogens is 288 g/mol. The fourth-order valence-corrected chi connectivity index (χ4v) is 2.47. The zero-order valence-electron chi connectivity index (χ0n) is 11.6. The largest absolute Gasteiger partial charge is 0.478 e. The number of hydrogen-bond donors (Lipinski definition) is 1. The summed E-state index contributed by atoms with van der Waals surface area (Å²) in [6, 6.07) is 10.4. The summed E-state index contributed by atoms with van der Waals surface area (Å²) in [5, 5.41) is 8.89. The molecule has 2 aromatic rings. The molecule has 0 saturated carbocycles. The maximum atomic E-state index is 13.3. The van der Waals surface area contributed by atoms with Crippen LogP contribution in [0, 0.1) is 11.6 Å². The van der Waals surface area contributed by atoms with Gasteiger partial charge in [-0.3, -0.25) is 0 Å². The molecule has 0 unspecified atom stereocenters. The molecule has 1 N–H and O–H groups in total. The molecule has 3 rings (SSSR count). The molecule has 0 aromatic heterocycles. The van der Waals surface area contributed by atoms with Gasteiger partial charge in [-0.1, -0.05) is 12.1 Å². The standard InChI is InChI=1S/C17H13F2NO2/c18-15-6-5-14(9-16(15)19)20-8-7-13(10-20)11-1-3-12(4-2-11)17(21)22/h1-6,9-10H,7-8H2,(H,21,22). The van der Waals surface area contributed by atoms with E-state index in [-0.39, 0.29) is 5.56 Å². The van der Waals surface area contributed by atoms with Crippen LogP contribution in [0.3, 0.4) is 0 Å². The molecule has 1 aliphatic heterocycles. The Kier molecular flexibility index (Phi) is 3.63. The number of halogens is 2. The number of nitrogens with zero attached hydrogens (tertiary/aromatic N) is 1. The minimum atomic E-state index is -0.963. The normalized spacial score (nSPS) is 14.1. The van der Waals surface area contributed by atoms with Crippen LogP contribution in [0.4, 0.5) is 14.5 Å². The third-order valence-electron chi connectivity index (χ3n) is 3.67. The molecule has 0 atom stereocenters. The number of rotatable bonds is 3. The predicted molar refractivity (Wildman–Crippen MR) is 79.7 cm³/mol. The molecule has 0 bridgehead atoms. The van der Waals surface area contributed by atoms with Crippen molar-refractivity contribution in [2.24, 2.45) is 0 Å². The number of benzene rings is 2. The lowest BCUT2D eigenvalue weighted by molar-refractivity contribution is 0.0697. The lowest BCUT2D eigenvalue weighted by atomic mass is 10.0. The Labute approximate surface area is 126 Å². The highest BCUT2D eigenvalue weighted by molar-refractivity contribution is 5.88. The Morgan fingerprint density at radius 2 is 1.77 bits per heavy atom. The van der Waals surface area contributed by atoms with Gasteiger partial charge in [-0.15, -0.1) is 0 Å². The minimum Gasteiger partial charge on any atom is -0.478 e. The number of carbonyl (C=O) groups is 1. The first-order valence-electron chi connectivity index (χ1n) is 6.81. The van der Waals surface area contributed by atoms with E-state index in [0.717, 1.165) is 23.6 Å². The zero-order valence-corrected chi connectivity index (χ0v) is 11.6. The predicted octanol–water partition coefficient (Wildman–Crippen LogP) is 3.91. The van der Waals surface area contributed by atoms with Crippen molar-refractivity contribution in [3.05, 3.63) is 71.4 Å². The molecular formula is C17H13F2NO2. The molecule has 0 spiro atoms. The summed E-state index contributed by atoms with van der Waals surface area (Å²) in [4.78, 5) is 12.7. The van der Waals surface area contributed by atoms with Crippen LogP contribution in [0.2, 0.25) is 0 Å². The third kappa shape index (κ3) is 2.70. The van der Waals surface area contributed by atoms with Gasteiger partial charge in [0.25, 0.3) is 0 Å². The van der Waals surface area contributed by atoms with E-state index in [1.165, 1.54) is 12.1 Å². The second-order valence-electron chi connectivity index (χ2n) is 5.08. The van der Waals surface area contributed by atoms with Gasteiger partial charge in [0.15, 0.2) is 11.6 Å². The van der Waals surface area contributed by atoms with Crippen molar-refractivity contribution in [3.8, 4) is 0 Å². The van der Waals surface area contributed by atoms with Crippen molar-refractivity contribution in [2.45, 2.75) is 6.42 Å². The topological polar surface area (TPSA) is 40.5 Å². The molecule has 3 nitrogen and oxygen atoms in total. The average Bonchev–Trinajstić information content (AvgIpc) is 3.00. The summed E-state index contributed by atoms with van der Waals surface area (Å²) in [5.41, 5.74) is 2.78. The Morgan fingerprint density at radius 1 is 1.05 bits per heavy atom. The highest BCUT2D eigenvalue weighted by Gasteiger charge is 2.17. The molecule has 5 heteroatoms. The quantitative estimate of drug-likeness (QED) is 0.934. The first-order chi connectivity index (χ1) is 10.5. The molecule has 0 saturated heterocycles. The molecule has 2 aromatic carbocycles. The van der Waals surface area contributed by atoms with E-state index in [4.69, 9.17) is 5.11 Å². The molecule has 1 aliphatic rings. The van der Waals surface area contributed by atoms with E-state index in [2.05, 4.69) is 0 Å². The van der Waals surface area contributed by atoms with Crippen LogP contribution >= 0.6 is 0 Å². The number of aromatic carboxylic acids is 1. The van der Waals surface area contributed by atoms with Crippen LogP contribution in [-0.2, 0) is 0 Å². The van der Waals surface area contributed by atoms with Gasteiger partial charge in [-0.25, -0.2) is 13.6 Å². The van der Waals surface area contributed by atoms with E-state index in [9.17, 15) is 13.6 Å². The fourth-order valence-electron chi connectivity index (χ4n) is 2.47. The van der Waals surface area contributed by atoms with Crippen LogP contribution < -0.4 is 4.90 Å². The monoisotopic (exact) mass is 301 g/mol. The average molecular weight is 301 g/mol. The van der Waals surface area contributed by atoms with Crippen molar-refractivity contribution in [1.82, 2.24) is 0 Å². The summed E-state index contributed by atoms with van der Waals surface area (Å²) in [6.07, 6.45) is 2.63. The molecule has 0 aliphatic carbocycles. The molecule has 0 amide bonds. The number of carboxylic acid groups (broad SMARTS) is 1. The van der Waals surface area contributed by atoms with Gasteiger partial charge in [0.1, 0.15) is 0 Å². The number of hydrogen-bond acceptors (Lipinski definition) is 2. The van der Waals surface area contributed by atoms with Crippen LogP contribution in [0.1, 0.15) is 22.3 Å². The summed E-state index contributed by atoms with van der Waals surface area (Å²) >= 11 is 0. The van der Waals surface area contributed by atoms with E-state index in [1.54, 1.807) is 24.3 Å². The fraction of sp³-hybridized carbons (Fsp3) is 0.118. The van der Waals surface area contributed by atoms with Crippen molar-refractivity contribution < 1.29 is 18.7 Å². The summed E-state index contributed by atoms with van der Waals surface area (Å²) in [5.74, 6) is -2.70. The Balaban J connectivity index is 1.84. The summed E-state index contributed by atoms with van der Waals surface area (Å²) in [7, 11) is 0. The molecule has 1 heterocycles. The lowest BCUT2D eigenvalue weighted by Crippen LogP contribution is -2.12. The van der Waals surface area contributed by atoms with E-state index in [1.807, 2.05) is 11.1 Å². The Hall–Kier alpha value is -2.69. The van der Waals surface area contributed by atoms with Crippen molar-refractivity contribution >= 4 is 17.2 Å². The molecule has 0 fully saturated rings. The van der Waals surface area contributed by atoms with Gasteiger partial charge in [0.05, 0.1) is 5.56 Å². The van der Waals surface area contributed by atoms with Gasteiger partial charge < -0.3 is 10.0 Å². The van der Waals surface area contributed by atoms with E-state index >= 15 is 0 Å². The SMILES string of the molecule is O=C(O)c1ccc(C2=CN(c3ccc(F)c(F)c3)CC2)cc1. The smallest absolute Gasteiger partial charge is 0.335 e. The third-order valence-corrected chi connectivity index (χ3v) is 3.67. The van der Waals surface area contributed by atoms with Gasteiger partial charge >= 0.3 is 5.97 Å². The summed E-state index contributed by atoms with van der Waals surface area (Å²) < 4.78 is 26.3. The zero-order chi connectivity index (χ0) is 15.7. The molecule has 22 heavy (non-hydrogen) atoms. The van der Waals surface area contributed by atoms with Crippen LogP contribution in [0.15, 0.2) is 48.7 Å². The van der Waals surface area contributed by atoms with Crippen LogP contribution in [0.5, 0.6) is 0 Å². The lowest BCUT2D eigenvalue weighted by Gasteiger charge is -2.15. The van der Waals surface area contributed by atoms with Gasteiger partial charge in [-0.05, 0) is 41.8 Å². The summed E-state index contributed by atoms with van der Waals surface area (Å²) in [6.45, 7) is 0.668. The number of anilines is 1. The van der Waals surface area contributed by atoms with Gasteiger partial charge in [0, 0.05) is 24.5 Å².